The molecule has 10 heteroatoms. The number of aromatic nitrogens is 2. The Balaban J connectivity index is 2.32. The average molecular weight is 353 g/mol. The highest BCUT2D eigenvalue weighted by Crippen LogP contribution is 2.35. The van der Waals surface area contributed by atoms with E-state index in [1.807, 2.05) is 0 Å². The molecule has 0 saturated heterocycles. The molecule has 0 atom stereocenters. The van der Waals surface area contributed by atoms with Gasteiger partial charge in [-0.05, 0) is 18.2 Å². The topological polar surface area (TPSA) is 37.8 Å². The van der Waals surface area contributed by atoms with Crippen molar-refractivity contribution >= 4 is 5.69 Å². The summed E-state index contributed by atoms with van der Waals surface area (Å²) >= 11 is 0. The average Bonchev–Trinajstić information content (AvgIpc) is 2.45. The molecule has 0 amide bonds. The predicted molar refractivity (Wildman–Crippen MR) is 71.6 cm³/mol. The zero-order valence-electron chi connectivity index (χ0n) is 11.8. The van der Waals surface area contributed by atoms with E-state index in [4.69, 9.17) is 0 Å². The van der Waals surface area contributed by atoms with Crippen molar-refractivity contribution in [2.75, 3.05) is 11.9 Å². The maximum atomic E-state index is 13.1. The van der Waals surface area contributed by atoms with E-state index in [2.05, 4.69) is 15.3 Å². The largest absolute Gasteiger partial charge is 0.435 e. The first-order valence-electron chi connectivity index (χ1n) is 6.56. The Morgan fingerprint density at radius 1 is 1.00 bits per heavy atom. The molecule has 0 aliphatic rings. The van der Waals surface area contributed by atoms with Crippen molar-refractivity contribution in [3.63, 3.8) is 0 Å². The lowest BCUT2D eigenvalue weighted by Crippen LogP contribution is -2.18. The zero-order chi connectivity index (χ0) is 18.0. The standard InChI is InChI=1S/C14H10F7N3/c15-9-5-8(6-22-7-9)10-1-2-11(12(24-10)14(19,20)21)23-4-3-13(16,17)18/h1-2,5-7,23H,3-4H2. The van der Waals surface area contributed by atoms with Gasteiger partial charge in [0.05, 0.1) is 24.0 Å². The second kappa shape index (κ2) is 6.62. The molecule has 0 spiro atoms. The van der Waals surface area contributed by atoms with Gasteiger partial charge in [0.2, 0.25) is 0 Å². The molecule has 0 aromatic carbocycles. The van der Waals surface area contributed by atoms with Gasteiger partial charge in [-0.1, -0.05) is 0 Å². The van der Waals surface area contributed by atoms with Gasteiger partial charge in [-0.25, -0.2) is 9.37 Å². The number of alkyl halides is 6. The summed E-state index contributed by atoms with van der Waals surface area (Å²) in [6.07, 6.45) is -8.67. The molecule has 130 valence electrons. The number of halogens is 7. The van der Waals surface area contributed by atoms with Gasteiger partial charge in [0.25, 0.3) is 0 Å². The first kappa shape index (κ1) is 18.0. The number of pyridine rings is 2. The lowest BCUT2D eigenvalue weighted by Gasteiger charge is -2.15. The monoisotopic (exact) mass is 353 g/mol. The van der Waals surface area contributed by atoms with Gasteiger partial charge < -0.3 is 5.32 Å². The van der Waals surface area contributed by atoms with Crippen LogP contribution < -0.4 is 5.32 Å². The minimum Gasteiger partial charge on any atom is -0.383 e. The van der Waals surface area contributed by atoms with Crippen LogP contribution in [0.15, 0.2) is 30.6 Å². The van der Waals surface area contributed by atoms with Crippen LogP contribution in [0.5, 0.6) is 0 Å². The maximum absolute atomic E-state index is 13.1. The van der Waals surface area contributed by atoms with Crippen LogP contribution >= 0.6 is 0 Å². The third-order valence-corrected chi connectivity index (χ3v) is 2.89. The van der Waals surface area contributed by atoms with Crippen LogP contribution in [-0.2, 0) is 6.18 Å². The molecular weight excluding hydrogens is 343 g/mol. The van der Waals surface area contributed by atoms with Gasteiger partial charge >= 0.3 is 12.4 Å². The van der Waals surface area contributed by atoms with Gasteiger partial charge in [0.1, 0.15) is 5.82 Å². The third kappa shape index (κ3) is 4.80. The summed E-state index contributed by atoms with van der Waals surface area (Å²) in [5, 5.41) is 2.07. The Hall–Kier alpha value is -2.39. The van der Waals surface area contributed by atoms with Crippen molar-refractivity contribution < 1.29 is 30.7 Å². The Kier molecular flexibility index (Phi) is 4.95. The molecule has 2 heterocycles. The molecule has 1 N–H and O–H groups in total. The molecule has 0 unspecified atom stereocenters. The number of hydrogen-bond acceptors (Lipinski definition) is 3. The molecule has 0 bridgehead atoms. The van der Waals surface area contributed by atoms with E-state index >= 15 is 0 Å². The lowest BCUT2D eigenvalue weighted by atomic mass is 10.1. The SMILES string of the molecule is Fc1cncc(-c2ccc(NCCC(F)(F)F)c(C(F)(F)F)n2)c1. The summed E-state index contributed by atoms with van der Waals surface area (Å²) < 4.78 is 88.6. The Morgan fingerprint density at radius 3 is 2.29 bits per heavy atom. The molecule has 2 rings (SSSR count). The highest BCUT2D eigenvalue weighted by atomic mass is 19.4. The summed E-state index contributed by atoms with van der Waals surface area (Å²) in [6.45, 7) is -0.727. The van der Waals surface area contributed by atoms with E-state index < -0.39 is 42.5 Å². The van der Waals surface area contributed by atoms with Gasteiger partial charge in [0, 0.05) is 18.3 Å². The van der Waals surface area contributed by atoms with Crippen LogP contribution in [0, 0.1) is 5.82 Å². The second-order valence-corrected chi connectivity index (χ2v) is 4.77. The summed E-state index contributed by atoms with van der Waals surface area (Å²) in [5.74, 6) is -0.754. The van der Waals surface area contributed by atoms with Crippen LogP contribution in [0.3, 0.4) is 0 Å². The van der Waals surface area contributed by atoms with E-state index in [0.717, 1.165) is 30.6 Å². The van der Waals surface area contributed by atoms with E-state index in [-0.39, 0.29) is 11.3 Å². The molecule has 0 aliphatic heterocycles. The first-order chi connectivity index (χ1) is 11.1. The maximum Gasteiger partial charge on any atom is 0.435 e. The van der Waals surface area contributed by atoms with E-state index in [1.165, 1.54) is 0 Å². The van der Waals surface area contributed by atoms with Crippen LogP contribution in [-0.4, -0.2) is 22.7 Å². The number of hydrogen-bond donors (Lipinski definition) is 1. The molecule has 24 heavy (non-hydrogen) atoms. The van der Waals surface area contributed by atoms with Crippen molar-refractivity contribution in [3.05, 3.63) is 42.1 Å². The second-order valence-electron chi connectivity index (χ2n) is 4.77. The molecule has 2 aromatic heterocycles. The highest BCUT2D eigenvalue weighted by Gasteiger charge is 2.36. The number of rotatable bonds is 4. The van der Waals surface area contributed by atoms with Crippen LogP contribution in [0.4, 0.5) is 36.4 Å². The number of nitrogens with zero attached hydrogens (tertiary/aromatic N) is 2. The normalized spacial score (nSPS) is 12.3. The van der Waals surface area contributed by atoms with Gasteiger partial charge in [-0.15, -0.1) is 0 Å². The zero-order valence-corrected chi connectivity index (χ0v) is 11.8. The molecule has 0 radical (unpaired) electrons. The minimum absolute atomic E-state index is 0.0161. The highest BCUT2D eigenvalue weighted by molar-refractivity contribution is 5.62. The van der Waals surface area contributed by atoms with Gasteiger partial charge in [-0.3, -0.25) is 4.98 Å². The molecule has 2 aromatic rings. The summed E-state index contributed by atoms with van der Waals surface area (Å²) in [4.78, 5) is 6.91. The number of anilines is 1. The summed E-state index contributed by atoms with van der Waals surface area (Å²) in [7, 11) is 0. The van der Waals surface area contributed by atoms with E-state index in [9.17, 15) is 30.7 Å². The molecule has 0 saturated carbocycles. The predicted octanol–water partition coefficient (Wildman–Crippen LogP) is 4.67. The fourth-order valence-corrected chi connectivity index (χ4v) is 1.87. The Labute approximate surface area is 131 Å². The molecule has 0 fully saturated rings. The fraction of sp³-hybridized carbons (Fsp3) is 0.286. The van der Waals surface area contributed by atoms with E-state index in [1.54, 1.807) is 0 Å². The van der Waals surface area contributed by atoms with Crippen molar-refractivity contribution in [1.29, 1.82) is 0 Å². The fourth-order valence-electron chi connectivity index (χ4n) is 1.87. The van der Waals surface area contributed by atoms with Crippen LogP contribution in [0.1, 0.15) is 12.1 Å². The first-order valence-corrected chi connectivity index (χ1v) is 6.56. The summed E-state index contributed by atoms with van der Waals surface area (Å²) in [6, 6.07) is 3.04. The third-order valence-electron chi connectivity index (χ3n) is 2.89. The Morgan fingerprint density at radius 2 is 1.71 bits per heavy atom. The quantitative estimate of drug-likeness (QED) is 0.812. The van der Waals surface area contributed by atoms with Crippen LogP contribution in [0.2, 0.25) is 0 Å². The molecular formula is C14H10F7N3. The molecule has 3 nitrogen and oxygen atoms in total. The van der Waals surface area contributed by atoms with Crippen LogP contribution in [0.25, 0.3) is 11.3 Å². The smallest absolute Gasteiger partial charge is 0.383 e. The van der Waals surface area contributed by atoms with Gasteiger partial charge in [-0.2, -0.15) is 26.3 Å². The lowest BCUT2D eigenvalue weighted by molar-refractivity contribution is -0.140. The van der Waals surface area contributed by atoms with Crippen molar-refractivity contribution in [1.82, 2.24) is 9.97 Å². The summed E-state index contributed by atoms with van der Waals surface area (Å²) in [5.41, 5.74) is -2.15. The Bertz CT molecular complexity index is 710. The van der Waals surface area contributed by atoms with Crippen molar-refractivity contribution in [2.45, 2.75) is 18.8 Å². The number of nitrogens with one attached hydrogen (secondary N) is 1. The van der Waals surface area contributed by atoms with E-state index in [0.29, 0.717) is 0 Å². The van der Waals surface area contributed by atoms with Crippen molar-refractivity contribution in [3.8, 4) is 11.3 Å². The van der Waals surface area contributed by atoms with Gasteiger partial charge in [0.15, 0.2) is 5.69 Å². The van der Waals surface area contributed by atoms with Crippen molar-refractivity contribution in [2.24, 2.45) is 0 Å². The molecule has 0 aliphatic carbocycles. The minimum atomic E-state index is -4.89.